The van der Waals surface area contributed by atoms with Crippen LogP contribution in [0.3, 0.4) is 0 Å². The lowest BCUT2D eigenvalue weighted by atomic mass is 10.1. The summed E-state index contributed by atoms with van der Waals surface area (Å²) in [4.78, 5) is 10.6. The predicted octanol–water partition coefficient (Wildman–Crippen LogP) is 2.46. The highest BCUT2D eigenvalue weighted by molar-refractivity contribution is 7.13. The van der Waals surface area contributed by atoms with Gasteiger partial charge in [0.2, 0.25) is 0 Å². The van der Waals surface area contributed by atoms with Crippen LogP contribution in [0.25, 0.3) is 10.1 Å². The van der Waals surface area contributed by atoms with Crippen molar-refractivity contribution in [2.75, 3.05) is 0 Å². The number of alkyl halides is 1. The van der Waals surface area contributed by atoms with Crippen molar-refractivity contribution in [3.05, 3.63) is 29.5 Å². The Labute approximate surface area is 83.0 Å². The molecule has 0 radical (unpaired) electrons. The van der Waals surface area contributed by atoms with Crippen LogP contribution in [0.15, 0.2) is 18.2 Å². The summed E-state index contributed by atoms with van der Waals surface area (Å²) in [6, 6.07) is 4.56. The second-order valence-corrected chi connectivity index (χ2v) is 3.58. The van der Waals surface area contributed by atoms with E-state index in [9.17, 15) is 9.18 Å². The van der Waals surface area contributed by atoms with Gasteiger partial charge in [0.25, 0.3) is 0 Å². The molecule has 1 aromatic heterocycles. The number of halogens is 1. The summed E-state index contributed by atoms with van der Waals surface area (Å²) in [5.41, 5.74) is 0.577. The van der Waals surface area contributed by atoms with Crippen LogP contribution in [0.2, 0.25) is 0 Å². The summed E-state index contributed by atoms with van der Waals surface area (Å²) in [5, 5.41) is 9.42. The molecular weight excluding hydrogens is 205 g/mol. The van der Waals surface area contributed by atoms with E-state index < -0.39 is 12.6 Å². The summed E-state index contributed by atoms with van der Waals surface area (Å²) in [5.74, 6) is -0.984. The number of hydrogen-bond donors (Lipinski definition) is 1. The Hall–Kier alpha value is -1.49. The molecular formula is C9H6FNO2S. The van der Waals surface area contributed by atoms with E-state index >= 15 is 0 Å². The van der Waals surface area contributed by atoms with Crippen LogP contribution in [0.1, 0.15) is 16.1 Å². The van der Waals surface area contributed by atoms with Gasteiger partial charge in [-0.15, -0.1) is 0 Å². The third-order valence-electron chi connectivity index (χ3n) is 1.92. The van der Waals surface area contributed by atoms with Gasteiger partial charge < -0.3 is 5.11 Å². The van der Waals surface area contributed by atoms with Crippen molar-refractivity contribution in [1.82, 2.24) is 4.37 Å². The summed E-state index contributed by atoms with van der Waals surface area (Å²) in [7, 11) is 0. The van der Waals surface area contributed by atoms with Crippen LogP contribution in [0, 0.1) is 0 Å². The number of carboxylic acids is 1. The summed E-state index contributed by atoms with van der Waals surface area (Å²) in [6.45, 7) is -0.619. The molecule has 0 bridgehead atoms. The van der Waals surface area contributed by atoms with Gasteiger partial charge in [-0.2, -0.15) is 4.37 Å². The zero-order chi connectivity index (χ0) is 10.1. The Morgan fingerprint density at radius 3 is 3.00 bits per heavy atom. The Balaban J connectivity index is 2.63. The van der Waals surface area contributed by atoms with Crippen molar-refractivity contribution in [3.63, 3.8) is 0 Å². The first-order valence-corrected chi connectivity index (χ1v) is 4.67. The fourth-order valence-electron chi connectivity index (χ4n) is 1.22. The number of aromatic nitrogens is 1. The Bertz CT molecular complexity index is 495. The fraction of sp³-hybridized carbons (Fsp3) is 0.111. The van der Waals surface area contributed by atoms with Gasteiger partial charge in [-0.3, -0.25) is 0 Å². The lowest BCUT2D eigenvalue weighted by Gasteiger charge is -1.94. The number of aromatic carboxylic acids is 1. The van der Waals surface area contributed by atoms with Crippen LogP contribution in [-0.4, -0.2) is 15.4 Å². The minimum atomic E-state index is -0.984. The van der Waals surface area contributed by atoms with E-state index in [2.05, 4.69) is 4.37 Å². The van der Waals surface area contributed by atoms with E-state index in [1.54, 1.807) is 6.07 Å². The zero-order valence-corrected chi connectivity index (χ0v) is 7.84. The molecule has 0 atom stereocenters. The highest BCUT2D eigenvalue weighted by atomic mass is 32.1. The molecule has 1 N–H and O–H groups in total. The average Bonchev–Trinajstić information content (AvgIpc) is 2.59. The van der Waals surface area contributed by atoms with Crippen LogP contribution in [0.5, 0.6) is 0 Å². The molecule has 0 spiro atoms. The number of carboxylic acid groups (broad SMARTS) is 1. The molecule has 0 saturated carbocycles. The molecule has 1 aromatic carbocycles. The molecule has 5 heteroatoms. The Morgan fingerprint density at radius 1 is 1.57 bits per heavy atom. The predicted molar refractivity (Wildman–Crippen MR) is 51.4 cm³/mol. The van der Waals surface area contributed by atoms with Gasteiger partial charge in [-0.05, 0) is 23.7 Å². The summed E-state index contributed by atoms with van der Waals surface area (Å²) < 4.78 is 17.0. The first-order chi connectivity index (χ1) is 6.72. The number of benzene rings is 1. The Kier molecular flexibility index (Phi) is 2.17. The van der Waals surface area contributed by atoms with Crippen LogP contribution < -0.4 is 0 Å². The lowest BCUT2D eigenvalue weighted by Crippen LogP contribution is -1.94. The van der Waals surface area contributed by atoms with Crippen molar-refractivity contribution < 1.29 is 14.3 Å². The van der Waals surface area contributed by atoms with Gasteiger partial charge in [-0.1, -0.05) is 6.07 Å². The fourth-order valence-corrected chi connectivity index (χ4v) is 2.04. The van der Waals surface area contributed by atoms with Crippen LogP contribution in [0.4, 0.5) is 4.39 Å². The summed E-state index contributed by atoms with van der Waals surface area (Å²) >= 11 is 1.12. The first-order valence-electron chi connectivity index (χ1n) is 3.90. The molecule has 0 aliphatic heterocycles. The number of nitrogens with zero attached hydrogens (tertiary/aromatic N) is 1. The highest BCUT2D eigenvalue weighted by Gasteiger charge is 2.08. The largest absolute Gasteiger partial charge is 0.478 e. The van der Waals surface area contributed by atoms with E-state index in [1.165, 1.54) is 12.1 Å². The molecule has 2 aromatic rings. The second kappa shape index (κ2) is 3.34. The number of carbonyl (C=O) groups is 1. The van der Waals surface area contributed by atoms with E-state index in [4.69, 9.17) is 5.11 Å². The molecule has 0 fully saturated rings. The van der Waals surface area contributed by atoms with Gasteiger partial charge in [0.1, 0.15) is 6.67 Å². The third-order valence-corrected chi connectivity index (χ3v) is 2.77. The Morgan fingerprint density at radius 2 is 2.36 bits per heavy atom. The minimum absolute atomic E-state index is 0.201. The smallest absolute Gasteiger partial charge is 0.335 e. The maximum absolute atomic E-state index is 12.4. The molecule has 2 rings (SSSR count). The molecule has 3 nitrogen and oxygen atoms in total. The van der Waals surface area contributed by atoms with Crippen molar-refractivity contribution in [1.29, 1.82) is 0 Å². The van der Waals surface area contributed by atoms with Gasteiger partial charge in [-0.25, -0.2) is 9.18 Å². The third kappa shape index (κ3) is 1.35. The molecule has 0 aliphatic rings. The number of rotatable bonds is 2. The number of fused-ring (bicyclic) bond motifs is 1. The maximum Gasteiger partial charge on any atom is 0.335 e. The normalized spacial score (nSPS) is 10.6. The van der Waals surface area contributed by atoms with Gasteiger partial charge in [0.05, 0.1) is 16.0 Å². The molecule has 14 heavy (non-hydrogen) atoms. The van der Waals surface area contributed by atoms with E-state index in [-0.39, 0.29) is 5.56 Å². The van der Waals surface area contributed by atoms with E-state index in [1.807, 2.05) is 0 Å². The molecule has 0 saturated heterocycles. The quantitative estimate of drug-likeness (QED) is 0.830. The van der Waals surface area contributed by atoms with Crippen molar-refractivity contribution in [2.45, 2.75) is 6.67 Å². The van der Waals surface area contributed by atoms with Crippen molar-refractivity contribution >= 4 is 27.6 Å². The monoisotopic (exact) mass is 211 g/mol. The van der Waals surface area contributed by atoms with Gasteiger partial charge in [0.15, 0.2) is 0 Å². The lowest BCUT2D eigenvalue weighted by molar-refractivity contribution is 0.0697. The van der Waals surface area contributed by atoms with E-state index in [0.29, 0.717) is 15.8 Å². The maximum atomic E-state index is 12.4. The van der Waals surface area contributed by atoms with Crippen molar-refractivity contribution in [2.24, 2.45) is 0 Å². The average molecular weight is 211 g/mol. The standard InChI is InChI=1S/C9H6FNO2S/c10-4-7-6-2-1-5(9(12)13)3-8(6)14-11-7/h1-3H,4H2,(H,12,13). The van der Waals surface area contributed by atoms with Gasteiger partial charge >= 0.3 is 5.97 Å². The highest BCUT2D eigenvalue weighted by Crippen LogP contribution is 2.24. The minimum Gasteiger partial charge on any atom is -0.478 e. The van der Waals surface area contributed by atoms with Crippen molar-refractivity contribution in [3.8, 4) is 0 Å². The first kappa shape index (κ1) is 9.08. The van der Waals surface area contributed by atoms with Crippen LogP contribution in [-0.2, 0) is 6.67 Å². The molecule has 0 aliphatic carbocycles. The summed E-state index contributed by atoms with van der Waals surface area (Å²) in [6.07, 6.45) is 0. The zero-order valence-electron chi connectivity index (χ0n) is 7.03. The topological polar surface area (TPSA) is 50.2 Å². The van der Waals surface area contributed by atoms with Gasteiger partial charge in [0, 0.05) is 5.39 Å². The molecule has 72 valence electrons. The molecule has 1 heterocycles. The second-order valence-electron chi connectivity index (χ2n) is 2.78. The molecule has 0 amide bonds. The number of hydrogen-bond acceptors (Lipinski definition) is 3. The van der Waals surface area contributed by atoms with E-state index in [0.717, 1.165) is 11.5 Å². The van der Waals surface area contributed by atoms with Crippen LogP contribution >= 0.6 is 11.5 Å². The molecule has 0 unspecified atom stereocenters. The SMILES string of the molecule is O=C(O)c1ccc2c(CF)nsc2c1.